The summed E-state index contributed by atoms with van der Waals surface area (Å²) >= 11 is 8.36. The van der Waals surface area contributed by atoms with E-state index in [1.807, 2.05) is 25.1 Å². The van der Waals surface area contributed by atoms with Crippen molar-refractivity contribution < 1.29 is 14.3 Å². The number of benzene rings is 2. The second-order valence-electron chi connectivity index (χ2n) is 5.42. The van der Waals surface area contributed by atoms with Gasteiger partial charge < -0.3 is 10.1 Å². The number of aryl methyl sites for hydroxylation is 1. The number of imide groups is 1. The molecule has 2 amide bonds. The van der Waals surface area contributed by atoms with E-state index in [9.17, 15) is 9.59 Å². The largest absolute Gasteiger partial charge is 0.497 e. The maximum Gasteiger partial charge on any atom is 0.283 e. The van der Waals surface area contributed by atoms with E-state index in [0.29, 0.717) is 11.4 Å². The molecular formula is C18H14ClIN2O3. The van der Waals surface area contributed by atoms with Gasteiger partial charge in [0.15, 0.2) is 0 Å². The summed E-state index contributed by atoms with van der Waals surface area (Å²) in [6.45, 7) is 1.92. The molecule has 0 bridgehead atoms. The molecule has 3 rings (SSSR count). The summed E-state index contributed by atoms with van der Waals surface area (Å²) in [5, 5.41) is 2.86. The summed E-state index contributed by atoms with van der Waals surface area (Å²) in [5.74, 6) is -0.518. The predicted molar refractivity (Wildman–Crippen MR) is 106 cm³/mol. The minimum Gasteiger partial charge on any atom is -0.497 e. The molecular weight excluding hydrogens is 455 g/mol. The monoisotopic (exact) mass is 468 g/mol. The Morgan fingerprint density at radius 3 is 2.56 bits per heavy atom. The lowest BCUT2D eigenvalue weighted by Crippen LogP contribution is -2.32. The summed E-state index contributed by atoms with van der Waals surface area (Å²) < 4.78 is 6.23. The van der Waals surface area contributed by atoms with Gasteiger partial charge in [-0.15, -0.1) is 0 Å². The summed E-state index contributed by atoms with van der Waals surface area (Å²) in [6, 6.07) is 12.4. The molecule has 0 atom stereocenters. The second kappa shape index (κ2) is 7.05. The van der Waals surface area contributed by atoms with E-state index in [1.54, 1.807) is 24.3 Å². The van der Waals surface area contributed by atoms with E-state index in [4.69, 9.17) is 16.3 Å². The van der Waals surface area contributed by atoms with Gasteiger partial charge in [0, 0.05) is 15.3 Å². The van der Waals surface area contributed by atoms with Gasteiger partial charge in [-0.3, -0.25) is 9.59 Å². The first-order valence-corrected chi connectivity index (χ1v) is 8.84. The molecule has 0 unspecified atom stereocenters. The molecule has 128 valence electrons. The third-order valence-electron chi connectivity index (χ3n) is 3.79. The number of anilines is 2. The van der Waals surface area contributed by atoms with Crippen molar-refractivity contribution in [2.75, 3.05) is 17.3 Å². The Morgan fingerprint density at radius 1 is 1.12 bits per heavy atom. The van der Waals surface area contributed by atoms with Crippen LogP contribution in [0, 0.1) is 10.5 Å². The van der Waals surface area contributed by atoms with Crippen LogP contribution >= 0.6 is 34.2 Å². The van der Waals surface area contributed by atoms with Gasteiger partial charge in [-0.2, -0.15) is 0 Å². The first kappa shape index (κ1) is 17.8. The molecule has 0 saturated heterocycles. The first-order chi connectivity index (χ1) is 11.9. The fraction of sp³-hybridized carbons (Fsp3) is 0.111. The SMILES string of the molecule is COc1cccc(N2C(=O)C(Cl)=C(Nc3ccc(I)cc3C)C2=O)c1. The molecule has 1 heterocycles. The molecule has 0 aromatic heterocycles. The van der Waals surface area contributed by atoms with Crippen molar-refractivity contribution in [3.63, 3.8) is 0 Å². The predicted octanol–water partition coefficient (Wildman–Crippen LogP) is 4.04. The third kappa shape index (κ3) is 3.36. The Hall–Kier alpha value is -2.06. The van der Waals surface area contributed by atoms with Gasteiger partial charge >= 0.3 is 0 Å². The number of amides is 2. The highest BCUT2D eigenvalue weighted by atomic mass is 127. The lowest BCUT2D eigenvalue weighted by molar-refractivity contribution is -0.120. The molecule has 0 saturated carbocycles. The van der Waals surface area contributed by atoms with Gasteiger partial charge in [0.2, 0.25) is 0 Å². The molecule has 1 N–H and O–H groups in total. The van der Waals surface area contributed by atoms with Crippen molar-refractivity contribution in [3.8, 4) is 5.75 Å². The van der Waals surface area contributed by atoms with Gasteiger partial charge in [0.1, 0.15) is 16.5 Å². The number of ether oxygens (including phenoxy) is 1. The van der Waals surface area contributed by atoms with E-state index in [1.165, 1.54) is 7.11 Å². The van der Waals surface area contributed by atoms with Crippen LogP contribution in [0.2, 0.25) is 0 Å². The Balaban J connectivity index is 1.93. The number of methoxy groups -OCH3 is 1. The van der Waals surface area contributed by atoms with Crippen LogP contribution in [0.3, 0.4) is 0 Å². The molecule has 2 aromatic rings. The summed E-state index contributed by atoms with van der Waals surface area (Å²) in [7, 11) is 1.52. The van der Waals surface area contributed by atoms with E-state index in [-0.39, 0.29) is 10.7 Å². The topological polar surface area (TPSA) is 58.6 Å². The van der Waals surface area contributed by atoms with Crippen LogP contribution in [-0.4, -0.2) is 18.9 Å². The van der Waals surface area contributed by atoms with Crippen molar-refractivity contribution >= 4 is 57.4 Å². The van der Waals surface area contributed by atoms with Gasteiger partial charge in [0.05, 0.1) is 12.8 Å². The average Bonchev–Trinajstić information content (AvgIpc) is 2.80. The number of carbonyl (C=O) groups excluding carboxylic acids is 2. The van der Waals surface area contributed by atoms with E-state index < -0.39 is 11.8 Å². The van der Waals surface area contributed by atoms with E-state index in [0.717, 1.165) is 19.7 Å². The highest BCUT2D eigenvalue weighted by Crippen LogP contribution is 2.32. The molecule has 0 aliphatic carbocycles. The van der Waals surface area contributed by atoms with Gasteiger partial charge in [-0.1, -0.05) is 17.7 Å². The van der Waals surface area contributed by atoms with Crippen molar-refractivity contribution in [1.82, 2.24) is 0 Å². The molecule has 0 radical (unpaired) electrons. The third-order valence-corrected chi connectivity index (χ3v) is 4.81. The molecule has 1 aliphatic rings. The number of nitrogens with zero attached hydrogens (tertiary/aromatic N) is 1. The van der Waals surface area contributed by atoms with Gasteiger partial charge in [-0.05, 0) is 65.4 Å². The molecule has 0 fully saturated rings. The van der Waals surface area contributed by atoms with Crippen molar-refractivity contribution in [2.45, 2.75) is 6.92 Å². The van der Waals surface area contributed by atoms with Crippen LogP contribution in [0.25, 0.3) is 0 Å². The number of carbonyl (C=O) groups is 2. The Bertz CT molecular complexity index is 911. The zero-order chi connectivity index (χ0) is 18.1. The number of rotatable bonds is 4. The van der Waals surface area contributed by atoms with Crippen LogP contribution in [-0.2, 0) is 9.59 Å². The normalized spacial score (nSPS) is 14.3. The molecule has 25 heavy (non-hydrogen) atoms. The smallest absolute Gasteiger partial charge is 0.283 e. The summed E-state index contributed by atoms with van der Waals surface area (Å²) in [5.41, 5.74) is 2.15. The zero-order valence-electron chi connectivity index (χ0n) is 13.5. The Labute approximate surface area is 163 Å². The highest BCUT2D eigenvalue weighted by molar-refractivity contribution is 14.1. The van der Waals surface area contributed by atoms with E-state index in [2.05, 4.69) is 27.9 Å². The molecule has 2 aromatic carbocycles. The minimum atomic E-state index is -0.564. The van der Waals surface area contributed by atoms with Gasteiger partial charge in [0.25, 0.3) is 11.8 Å². The standard InChI is InChI=1S/C18H14ClIN2O3/c1-10-8-11(20)6-7-14(10)21-16-15(19)17(23)22(18(16)24)12-4-3-5-13(9-12)25-2/h3-9,21H,1-2H3. The van der Waals surface area contributed by atoms with Crippen LogP contribution in [0.4, 0.5) is 11.4 Å². The number of nitrogens with one attached hydrogen (secondary N) is 1. The lowest BCUT2D eigenvalue weighted by atomic mass is 10.2. The van der Waals surface area contributed by atoms with Crippen molar-refractivity contribution in [3.05, 3.63) is 62.3 Å². The minimum absolute atomic E-state index is 0.0683. The Morgan fingerprint density at radius 2 is 1.88 bits per heavy atom. The molecule has 1 aliphatic heterocycles. The first-order valence-electron chi connectivity index (χ1n) is 7.38. The average molecular weight is 469 g/mol. The number of hydrogen-bond donors (Lipinski definition) is 1. The number of hydrogen-bond acceptors (Lipinski definition) is 4. The maximum atomic E-state index is 12.8. The second-order valence-corrected chi connectivity index (χ2v) is 7.04. The van der Waals surface area contributed by atoms with Gasteiger partial charge in [-0.25, -0.2) is 4.90 Å². The van der Waals surface area contributed by atoms with Crippen molar-refractivity contribution in [1.29, 1.82) is 0 Å². The van der Waals surface area contributed by atoms with Crippen LogP contribution in [0.1, 0.15) is 5.56 Å². The molecule has 7 heteroatoms. The van der Waals surface area contributed by atoms with Crippen LogP contribution in [0.15, 0.2) is 53.2 Å². The molecule has 5 nitrogen and oxygen atoms in total. The lowest BCUT2D eigenvalue weighted by Gasteiger charge is -2.16. The zero-order valence-corrected chi connectivity index (χ0v) is 16.4. The highest BCUT2D eigenvalue weighted by Gasteiger charge is 2.39. The fourth-order valence-corrected chi connectivity index (χ4v) is 3.36. The quantitative estimate of drug-likeness (QED) is 0.543. The summed E-state index contributed by atoms with van der Waals surface area (Å²) in [6.07, 6.45) is 0. The van der Waals surface area contributed by atoms with Crippen LogP contribution in [0.5, 0.6) is 5.75 Å². The fourth-order valence-electron chi connectivity index (χ4n) is 2.50. The van der Waals surface area contributed by atoms with Crippen molar-refractivity contribution in [2.24, 2.45) is 0 Å². The van der Waals surface area contributed by atoms with E-state index >= 15 is 0 Å². The number of halogens is 2. The Kier molecular flexibility index (Phi) is 5.01. The maximum absolute atomic E-state index is 12.8. The molecule has 0 spiro atoms. The van der Waals surface area contributed by atoms with Crippen LogP contribution < -0.4 is 15.0 Å². The summed E-state index contributed by atoms with van der Waals surface area (Å²) in [4.78, 5) is 26.3.